The quantitative estimate of drug-likeness (QED) is 0.867. The molecule has 0 saturated heterocycles. The molecule has 1 nitrogen and oxygen atoms in total. The summed E-state index contributed by atoms with van der Waals surface area (Å²) in [4.78, 5) is 0. The molecule has 1 unspecified atom stereocenters. The van der Waals surface area contributed by atoms with E-state index in [1.54, 1.807) is 0 Å². The van der Waals surface area contributed by atoms with Crippen LogP contribution < -0.4 is 5.73 Å². The standard InChI is InChI=1S/C12H13BrF3N/c13-10-5-4-8(12(14,15)16)6-9(10)11(17)7-2-1-3-7/h4-7,11H,1-3,17H2. The average Bonchev–Trinajstić information content (AvgIpc) is 2.13. The molecule has 0 heterocycles. The summed E-state index contributed by atoms with van der Waals surface area (Å²) in [5.74, 6) is 0.315. The molecule has 0 spiro atoms. The summed E-state index contributed by atoms with van der Waals surface area (Å²) >= 11 is 3.27. The Hall–Kier alpha value is -0.550. The molecule has 0 amide bonds. The van der Waals surface area contributed by atoms with E-state index < -0.39 is 11.7 Å². The minimum Gasteiger partial charge on any atom is -0.324 e. The Morgan fingerprint density at radius 2 is 1.94 bits per heavy atom. The van der Waals surface area contributed by atoms with Crippen LogP contribution in [0.2, 0.25) is 0 Å². The SMILES string of the molecule is NC(c1cc(C(F)(F)F)ccc1Br)C1CCC1. The first-order chi connectivity index (χ1) is 7.89. The lowest BCUT2D eigenvalue weighted by Gasteiger charge is -2.32. The number of nitrogens with two attached hydrogens (primary N) is 1. The highest BCUT2D eigenvalue weighted by molar-refractivity contribution is 9.10. The molecule has 1 aromatic rings. The van der Waals surface area contributed by atoms with E-state index in [4.69, 9.17) is 5.73 Å². The van der Waals surface area contributed by atoms with Crippen molar-refractivity contribution in [1.82, 2.24) is 0 Å². The average molecular weight is 308 g/mol. The minimum atomic E-state index is -4.31. The second-order valence-electron chi connectivity index (χ2n) is 4.45. The third-order valence-electron chi connectivity index (χ3n) is 3.34. The Labute approximate surface area is 106 Å². The Balaban J connectivity index is 2.31. The van der Waals surface area contributed by atoms with Crippen LogP contribution in [0, 0.1) is 5.92 Å². The Morgan fingerprint density at radius 1 is 1.29 bits per heavy atom. The van der Waals surface area contributed by atoms with Gasteiger partial charge in [-0.15, -0.1) is 0 Å². The van der Waals surface area contributed by atoms with Crippen molar-refractivity contribution >= 4 is 15.9 Å². The molecule has 0 radical (unpaired) electrons. The van der Waals surface area contributed by atoms with E-state index in [1.165, 1.54) is 6.07 Å². The van der Waals surface area contributed by atoms with Gasteiger partial charge >= 0.3 is 6.18 Å². The van der Waals surface area contributed by atoms with Gasteiger partial charge in [0.05, 0.1) is 5.56 Å². The second kappa shape index (κ2) is 4.61. The Bertz CT molecular complexity index is 413. The number of alkyl halides is 3. The molecule has 1 atom stereocenters. The first-order valence-corrected chi connectivity index (χ1v) is 6.31. The second-order valence-corrected chi connectivity index (χ2v) is 5.31. The summed E-state index contributed by atoms with van der Waals surface area (Å²) in [6.45, 7) is 0. The molecule has 1 aliphatic carbocycles. The monoisotopic (exact) mass is 307 g/mol. The molecule has 0 aliphatic heterocycles. The van der Waals surface area contributed by atoms with Crippen molar-refractivity contribution in [3.05, 3.63) is 33.8 Å². The molecule has 17 heavy (non-hydrogen) atoms. The van der Waals surface area contributed by atoms with Crippen LogP contribution in [0.4, 0.5) is 13.2 Å². The van der Waals surface area contributed by atoms with Gasteiger partial charge in [0.1, 0.15) is 0 Å². The highest BCUT2D eigenvalue weighted by Crippen LogP contribution is 2.40. The fourth-order valence-corrected chi connectivity index (χ4v) is 2.54. The maximum absolute atomic E-state index is 12.6. The summed E-state index contributed by atoms with van der Waals surface area (Å²) in [7, 11) is 0. The van der Waals surface area contributed by atoms with Crippen LogP contribution in [-0.2, 0) is 6.18 Å². The lowest BCUT2D eigenvalue weighted by Crippen LogP contribution is -2.27. The van der Waals surface area contributed by atoms with Crippen molar-refractivity contribution in [3.63, 3.8) is 0 Å². The van der Waals surface area contributed by atoms with Crippen LogP contribution in [0.25, 0.3) is 0 Å². The molecule has 1 fully saturated rings. The van der Waals surface area contributed by atoms with Gasteiger partial charge in [-0.3, -0.25) is 0 Å². The third kappa shape index (κ3) is 2.65. The van der Waals surface area contributed by atoms with Crippen LogP contribution in [0.15, 0.2) is 22.7 Å². The van der Waals surface area contributed by atoms with E-state index in [2.05, 4.69) is 15.9 Å². The van der Waals surface area contributed by atoms with E-state index >= 15 is 0 Å². The first kappa shape index (κ1) is 12.9. The minimum absolute atomic E-state index is 0.305. The molecule has 0 bridgehead atoms. The summed E-state index contributed by atoms with van der Waals surface area (Å²) < 4.78 is 38.5. The van der Waals surface area contributed by atoms with E-state index in [9.17, 15) is 13.2 Å². The third-order valence-corrected chi connectivity index (χ3v) is 4.06. The van der Waals surface area contributed by atoms with Crippen LogP contribution in [0.5, 0.6) is 0 Å². The van der Waals surface area contributed by atoms with Crippen molar-refractivity contribution in [2.45, 2.75) is 31.5 Å². The summed E-state index contributed by atoms with van der Waals surface area (Å²) in [5.41, 5.74) is 5.94. The molecule has 0 aromatic heterocycles. The largest absolute Gasteiger partial charge is 0.416 e. The van der Waals surface area contributed by atoms with Crippen LogP contribution in [0.1, 0.15) is 36.4 Å². The van der Waals surface area contributed by atoms with Crippen molar-refractivity contribution in [3.8, 4) is 0 Å². The normalized spacial score (nSPS) is 18.9. The molecule has 94 valence electrons. The first-order valence-electron chi connectivity index (χ1n) is 5.52. The molecular formula is C12H13BrF3N. The highest BCUT2D eigenvalue weighted by Gasteiger charge is 2.33. The predicted octanol–water partition coefficient (Wildman–Crippen LogP) is 4.27. The summed E-state index contributed by atoms with van der Waals surface area (Å²) in [6.07, 6.45) is -1.18. The number of benzene rings is 1. The number of halogens is 4. The van der Waals surface area contributed by atoms with E-state index in [-0.39, 0.29) is 6.04 Å². The van der Waals surface area contributed by atoms with Crippen molar-refractivity contribution in [2.24, 2.45) is 11.7 Å². The van der Waals surface area contributed by atoms with Crippen LogP contribution in [0.3, 0.4) is 0 Å². The summed E-state index contributed by atoms with van der Waals surface area (Å²) in [6, 6.07) is 3.35. The number of hydrogen-bond donors (Lipinski definition) is 1. The zero-order chi connectivity index (χ0) is 12.6. The lowest BCUT2D eigenvalue weighted by atomic mass is 9.77. The van der Waals surface area contributed by atoms with Gasteiger partial charge in [0.25, 0.3) is 0 Å². The van der Waals surface area contributed by atoms with Crippen LogP contribution in [-0.4, -0.2) is 0 Å². The Morgan fingerprint density at radius 3 is 2.41 bits per heavy atom. The van der Waals surface area contributed by atoms with Gasteiger partial charge in [0.15, 0.2) is 0 Å². The van der Waals surface area contributed by atoms with Gasteiger partial charge in [-0.1, -0.05) is 22.4 Å². The maximum Gasteiger partial charge on any atom is 0.416 e. The van der Waals surface area contributed by atoms with E-state index in [0.29, 0.717) is 16.0 Å². The van der Waals surface area contributed by atoms with Gasteiger partial charge in [-0.25, -0.2) is 0 Å². The molecule has 1 saturated carbocycles. The molecule has 2 rings (SSSR count). The topological polar surface area (TPSA) is 26.0 Å². The highest BCUT2D eigenvalue weighted by atomic mass is 79.9. The maximum atomic E-state index is 12.6. The molecular weight excluding hydrogens is 295 g/mol. The fraction of sp³-hybridized carbons (Fsp3) is 0.500. The van der Waals surface area contributed by atoms with Gasteiger partial charge in [-0.2, -0.15) is 13.2 Å². The van der Waals surface area contributed by atoms with Crippen molar-refractivity contribution < 1.29 is 13.2 Å². The molecule has 1 aliphatic rings. The van der Waals surface area contributed by atoms with Crippen molar-refractivity contribution in [1.29, 1.82) is 0 Å². The lowest BCUT2D eigenvalue weighted by molar-refractivity contribution is -0.137. The number of hydrogen-bond acceptors (Lipinski definition) is 1. The number of rotatable bonds is 2. The van der Waals surface area contributed by atoms with Gasteiger partial charge in [0, 0.05) is 10.5 Å². The molecule has 2 N–H and O–H groups in total. The van der Waals surface area contributed by atoms with Crippen molar-refractivity contribution in [2.75, 3.05) is 0 Å². The predicted molar refractivity (Wildman–Crippen MR) is 63.4 cm³/mol. The fourth-order valence-electron chi connectivity index (χ4n) is 2.03. The summed E-state index contributed by atoms with van der Waals surface area (Å²) in [5, 5.41) is 0. The molecule has 1 aromatic carbocycles. The molecule has 5 heteroatoms. The van der Waals surface area contributed by atoms with E-state index in [1.807, 2.05) is 0 Å². The van der Waals surface area contributed by atoms with Gasteiger partial charge < -0.3 is 5.73 Å². The van der Waals surface area contributed by atoms with E-state index in [0.717, 1.165) is 31.4 Å². The van der Waals surface area contributed by atoms with Gasteiger partial charge in [-0.05, 0) is 42.5 Å². The Kier molecular flexibility index (Phi) is 3.50. The van der Waals surface area contributed by atoms with Crippen LogP contribution >= 0.6 is 15.9 Å². The zero-order valence-electron chi connectivity index (χ0n) is 9.10. The van der Waals surface area contributed by atoms with Gasteiger partial charge in [0.2, 0.25) is 0 Å². The zero-order valence-corrected chi connectivity index (χ0v) is 10.7. The smallest absolute Gasteiger partial charge is 0.324 e.